The zero-order valence-electron chi connectivity index (χ0n) is 10.5. The number of esters is 1. The summed E-state index contributed by atoms with van der Waals surface area (Å²) >= 11 is 0. The molecule has 2 heterocycles. The summed E-state index contributed by atoms with van der Waals surface area (Å²) in [7, 11) is 0. The molecule has 0 saturated carbocycles. The average molecular weight is 250 g/mol. The van der Waals surface area contributed by atoms with E-state index in [4.69, 9.17) is 9.15 Å². The van der Waals surface area contributed by atoms with Crippen LogP contribution in [0.15, 0.2) is 22.8 Å². The molecule has 0 aliphatic carbocycles. The van der Waals surface area contributed by atoms with Gasteiger partial charge in [0.05, 0.1) is 6.26 Å². The molecule has 0 radical (unpaired) electrons. The Bertz CT molecular complexity index is 525. The van der Waals surface area contributed by atoms with Crippen LogP contribution in [0.2, 0.25) is 0 Å². The third-order valence-electron chi connectivity index (χ3n) is 1.88. The van der Waals surface area contributed by atoms with E-state index in [0.717, 1.165) is 0 Å². The maximum Gasteiger partial charge on any atom is 0.330 e. The molecule has 0 aromatic carbocycles. The molecule has 0 aliphatic heterocycles. The fourth-order valence-electron chi connectivity index (χ4n) is 1.30. The minimum Gasteiger partial charge on any atom is -0.461 e. The number of furan rings is 1. The van der Waals surface area contributed by atoms with Crippen molar-refractivity contribution in [3.8, 4) is 11.6 Å². The van der Waals surface area contributed by atoms with Crippen LogP contribution >= 0.6 is 0 Å². The van der Waals surface area contributed by atoms with Crippen molar-refractivity contribution in [3.63, 3.8) is 0 Å². The molecule has 96 valence electrons. The SMILES string of the molecule is CC(C)(C)OC(=O)Cn1nnc(-c2ccco2)n1. The Morgan fingerprint density at radius 3 is 2.89 bits per heavy atom. The van der Waals surface area contributed by atoms with Gasteiger partial charge in [0.15, 0.2) is 12.3 Å². The molecule has 0 aliphatic rings. The summed E-state index contributed by atoms with van der Waals surface area (Å²) in [6.07, 6.45) is 1.52. The van der Waals surface area contributed by atoms with E-state index in [1.54, 1.807) is 32.9 Å². The maximum atomic E-state index is 11.5. The van der Waals surface area contributed by atoms with E-state index in [0.29, 0.717) is 11.6 Å². The van der Waals surface area contributed by atoms with Crippen molar-refractivity contribution in [2.75, 3.05) is 0 Å². The molecule has 0 spiro atoms. The molecule has 2 rings (SSSR count). The normalized spacial score (nSPS) is 11.5. The molecular weight excluding hydrogens is 236 g/mol. The van der Waals surface area contributed by atoms with E-state index < -0.39 is 11.6 Å². The van der Waals surface area contributed by atoms with Crippen LogP contribution in [-0.4, -0.2) is 31.8 Å². The number of carbonyl (C=O) groups is 1. The number of nitrogens with zero attached hydrogens (tertiary/aromatic N) is 4. The minimum atomic E-state index is -0.526. The van der Waals surface area contributed by atoms with Crippen molar-refractivity contribution in [2.24, 2.45) is 0 Å². The van der Waals surface area contributed by atoms with Gasteiger partial charge in [-0.3, -0.25) is 0 Å². The molecule has 0 bridgehead atoms. The van der Waals surface area contributed by atoms with Crippen LogP contribution in [0.5, 0.6) is 0 Å². The monoisotopic (exact) mass is 250 g/mol. The molecule has 0 amide bonds. The molecule has 7 nitrogen and oxygen atoms in total. The van der Waals surface area contributed by atoms with E-state index >= 15 is 0 Å². The van der Waals surface area contributed by atoms with Crippen molar-refractivity contribution in [2.45, 2.75) is 32.9 Å². The Morgan fingerprint density at radius 2 is 2.28 bits per heavy atom. The average Bonchev–Trinajstić information content (AvgIpc) is 2.82. The summed E-state index contributed by atoms with van der Waals surface area (Å²) < 4.78 is 10.3. The second kappa shape index (κ2) is 4.59. The molecule has 18 heavy (non-hydrogen) atoms. The van der Waals surface area contributed by atoms with Gasteiger partial charge in [-0.25, -0.2) is 4.79 Å². The Kier molecular flexibility index (Phi) is 3.14. The molecule has 7 heteroatoms. The molecule has 0 saturated heterocycles. The van der Waals surface area contributed by atoms with Crippen LogP contribution < -0.4 is 0 Å². The van der Waals surface area contributed by atoms with Crippen molar-refractivity contribution in [1.82, 2.24) is 20.2 Å². The van der Waals surface area contributed by atoms with Crippen molar-refractivity contribution in [1.29, 1.82) is 0 Å². The van der Waals surface area contributed by atoms with Crippen LogP contribution in [0.1, 0.15) is 20.8 Å². The standard InChI is InChI=1S/C11H14N4O3/c1-11(2,3)18-9(16)7-15-13-10(12-14-15)8-5-4-6-17-8/h4-6H,7H2,1-3H3. The molecule has 0 atom stereocenters. The predicted molar refractivity (Wildman–Crippen MR) is 61.4 cm³/mol. The van der Waals surface area contributed by atoms with E-state index in [9.17, 15) is 4.79 Å². The van der Waals surface area contributed by atoms with Crippen LogP contribution in [0, 0.1) is 0 Å². The second-order valence-corrected chi connectivity index (χ2v) is 4.71. The Hall–Kier alpha value is -2.18. The lowest BCUT2D eigenvalue weighted by Gasteiger charge is -2.18. The number of hydrogen-bond acceptors (Lipinski definition) is 6. The first-order valence-electron chi connectivity index (χ1n) is 5.47. The quantitative estimate of drug-likeness (QED) is 0.763. The third kappa shape index (κ3) is 3.16. The van der Waals surface area contributed by atoms with Crippen molar-refractivity contribution < 1.29 is 13.9 Å². The van der Waals surface area contributed by atoms with Crippen molar-refractivity contribution in [3.05, 3.63) is 18.4 Å². The number of hydrogen-bond donors (Lipinski definition) is 0. The van der Waals surface area contributed by atoms with Gasteiger partial charge in [0.2, 0.25) is 5.82 Å². The number of rotatable bonds is 3. The van der Waals surface area contributed by atoms with Gasteiger partial charge in [-0.1, -0.05) is 0 Å². The maximum absolute atomic E-state index is 11.5. The zero-order chi connectivity index (χ0) is 13.2. The second-order valence-electron chi connectivity index (χ2n) is 4.71. The summed E-state index contributed by atoms with van der Waals surface area (Å²) in [6.45, 7) is 5.32. The summed E-state index contributed by atoms with van der Waals surface area (Å²) in [6, 6.07) is 3.44. The molecule has 0 N–H and O–H groups in total. The van der Waals surface area contributed by atoms with Crippen LogP contribution in [0.25, 0.3) is 11.6 Å². The van der Waals surface area contributed by atoms with E-state index in [1.165, 1.54) is 11.1 Å². The smallest absolute Gasteiger partial charge is 0.330 e. The van der Waals surface area contributed by atoms with Gasteiger partial charge in [0, 0.05) is 0 Å². The summed E-state index contributed by atoms with van der Waals surface area (Å²) in [5, 5.41) is 11.6. The van der Waals surface area contributed by atoms with Gasteiger partial charge in [0.1, 0.15) is 5.60 Å². The first-order valence-corrected chi connectivity index (χ1v) is 5.47. The first kappa shape index (κ1) is 12.3. The van der Waals surface area contributed by atoms with Gasteiger partial charge < -0.3 is 9.15 Å². The summed E-state index contributed by atoms with van der Waals surface area (Å²) in [4.78, 5) is 12.7. The fourth-order valence-corrected chi connectivity index (χ4v) is 1.30. The highest BCUT2D eigenvalue weighted by molar-refractivity contribution is 5.69. The zero-order valence-corrected chi connectivity index (χ0v) is 10.5. The summed E-state index contributed by atoms with van der Waals surface area (Å²) in [5.41, 5.74) is -0.526. The minimum absolute atomic E-state index is 0.0784. The van der Waals surface area contributed by atoms with Crippen molar-refractivity contribution >= 4 is 5.97 Å². The molecule has 2 aromatic rings. The lowest BCUT2D eigenvalue weighted by molar-refractivity contribution is -0.156. The first-order chi connectivity index (χ1) is 8.44. The van der Waals surface area contributed by atoms with E-state index in [-0.39, 0.29) is 6.54 Å². The third-order valence-corrected chi connectivity index (χ3v) is 1.88. The molecule has 0 fully saturated rings. The lowest BCUT2D eigenvalue weighted by atomic mass is 10.2. The highest BCUT2D eigenvalue weighted by Crippen LogP contribution is 2.13. The summed E-state index contributed by atoms with van der Waals surface area (Å²) in [5.74, 6) is 0.430. The number of carbonyl (C=O) groups excluding carboxylic acids is 1. The van der Waals surface area contributed by atoms with Gasteiger partial charge in [-0.05, 0) is 38.1 Å². The molecule has 2 aromatic heterocycles. The van der Waals surface area contributed by atoms with Crippen LogP contribution in [0.3, 0.4) is 0 Å². The van der Waals surface area contributed by atoms with E-state index in [1.807, 2.05) is 0 Å². The van der Waals surface area contributed by atoms with Gasteiger partial charge in [-0.2, -0.15) is 4.80 Å². The highest BCUT2D eigenvalue weighted by Gasteiger charge is 2.18. The molecule has 0 unspecified atom stereocenters. The Labute approximate surface area is 104 Å². The van der Waals surface area contributed by atoms with Gasteiger partial charge in [0.25, 0.3) is 0 Å². The fraction of sp³-hybridized carbons (Fsp3) is 0.455. The number of ether oxygens (including phenoxy) is 1. The lowest BCUT2D eigenvalue weighted by Crippen LogP contribution is -2.27. The van der Waals surface area contributed by atoms with Gasteiger partial charge >= 0.3 is 5.97 Å². The van der Waals surface area contributed by atoms with Crippen LogP contribution in [-0.2, 0) is 16.1 Å². The largest absolute Gasteiger partial charge is 0.461 e. The number of aromatic nitrogens is 4. The topological polar surface area (TPSA) is 83.0 Å². The Morgan fingerprint density at radius 1 is 1.50 bits per heavy atom. The van der Waals surface area contributed by atoms with E-state index in [2.05, 4.69) is 15.4 Å². The van der Waals surface area contributed by atoms with Crippen LogP contribution in [0.4, 0.5) is 0 Å². The van der Waals surface area contributed by atoms with Gasteiger partial charge in [-0.15, -0.1) is 10.2 Å². The predicted octanol–water partition coefficient (Wildman–Crippen LogP) is 1.27. The highest BCUT2D eigenvalue weighted by atomic mass is 16.6. The molecular formula is C11H14N4O3. The number of tetrazole rings is 1. The Balaban J connectivity index is 2.01.